The van der Waals surface area contributed by atoms with E-state index in [1.54, 1.807) is 7.11 Å². The van der Waals surface area contributed by atoms with Crippen LogP contribution in [0.4, 0.5) is 0 Å². The molecule has 0 fully saturated rings. The van der Waals surface area contributed by atoms with Crippen molar-refractivity contribution in [2.24, 2.45) is 5.92 Å². The summed E-state index contributed by atoms with van der Waals surface area (Å²) in [7, 11) is 3.09. The van der Waals surface area contributed by atoms with Gasteiger partial charge in [-0.25, -0.2) is 0 Å². The number of esters is 1. The van der Waals surface area contributed by atoms with E-state index in [9.17, 15) is 4.79 Å². The van der Waals surface area contributed by atoms with Gasteiger partial charge in [0.25, 0.3) is 0 Å². The highest BCUT2D eigenvalue weighted by Crippen LogP contribution is 2.20. The van der Waals surface area contributed by atoms with Gasteiger partial charge in [-0.3, -0.25) is 4.79 Å². The maximum Gasteiger partial charge on any atom is 0.310 e. The zero-order chi connectivity index (χ0) is 13.2. The van der Waals surface area contributed by atoms with Crippen molar-refractivity contribution in [1.82, 2.24) is 5.32 Å². The lowest BCUT2D eigenvalue weighted by Crippen LogP contribution is -2.42. The molecule has 0 radical (unpaired) electrons. The van der Waals surface area contributed by atoms with Crippen LogP contribution in [0, 0.1) is 5.92 Å². The van der Waals surface area contributed by atoms with Gasteiger partial charge in [0.1, 0.15) is 0 Å². The van der Waals surface area contributed by atoms with Crippen LogP contribution in [0.1, 0.15) is 12.8 Å². The Bertz CT molecular complexity index is 268. The average Bonchev–Trinajstić information content (AvgIpc) is 2.42. The van der Waals surface area contributed by atoms with Crippen molar-refractivity contribution >= 4 is 5.97 Å². The van der Waals surface area contributed by atoms with Crippen molar-refractivity contribution < 1.29 is 19.0 Å². The molecule has 1 rings (SSSR count). The Morgan fingerprint density at radius 2 is 2.00 bits per heavy atom. The number of hydrogen-bond acceptors (Lipinski definition) is 5. The van der Waals surface area contributed by atoms with Crippen molar-refractivity contribution in [3.05, 3.63) is 12.2 Å². The van der Waals surface area contributed by atoms with Gasteiger partial charge in [-0.2, -0.15) is 0 Å². The van der Waals surface area contributed by atoms with Crippen LogP contribution in [-0.4, -0.2) is 52.6 Å². The standard InChI is InChI=1S/C13H23NO4/c1-16-9-10-18-8-7-14-12-6-4-3-5-11(12)13(15)17-2/h3-4,11-12,14H,5-10H2,1-2H3/t11-,12+/m0/s1. The Labute approximate surface area is 108 Å². The second kappa shape index (κ2) is 9.08. The summed E-state index contributed by atoms with van der Waals surface area (Å²) in [6, 6.07) is 0.147. The van der Waals surface area contributed by atoms with E-state index in [1.165, 1.54) is 7.11 Å². The van der Waals surface area contributed by atoms with Crippen LogP contribution in [0.2, 0.25) is 0 Å². The molecule has 0 bridgehead atoms. The molecular weight excluding hydrogens is 234 g/mol. The Kier molecular flexibility index (Phi) is 7.64. The molecule has 0 amide bonds. The molecule has 0 aromatic rings. The third kappa shape index (κ3) is 5.16. The van der Waals surface area contributed by atoms with Crippen LogP contribution in [0.15, 0.2) is 12.2 Å². The van der Waals surface area contributed by atoms with Gasteiger partial charge in [0.15, 0.2) is 0 Å². The van der Waals surface area contributed by atoms with Gasteiger partial charge in [0.2, 0.25) is 0 Å². The van der Waals surface area contributed by atoms with E-state index in [0.29, 0.717) is 19.8 Å². The summed E-state index contributed by atoms with van der Waals surface area (Å²) < 4.78 is 15.1. The largest absolute Gasteiger partial charge is 0.469 e. The molecule has 0 aromatic carbocycles. The number of carbonyl (C=O) groups excluding carboxylic acids is 1. The molecule has 5 nitrogen and oxygen atoms in total. The zero-order valence-electron chi connectivity index (χ0n) is 11.2. The maximum atomic E-state index is 11.6. The van der Waals surface area contributed by atoms with Crippen molar-refractivity contribution in [1.29, 1.82) is 0 Å². The number of ether oxygens (including phenoxy) is 3. The van der Waals surface area contributed by atoms with Gasteiger partial charge in [-0.15, -0.1) is 0 Å². The molecule has 0 spiro atoms. The first-order valence-electron chi connectivity index (χ1n) is 6.32. The summed E-state index contributed by atoms with van der Waals surface area (Å²) in [5.41, 5.74) is 0. The van der Waals surface area contributed by atoms with Crippen LogP contribution in [0.25, 0.3) is 0 Å². The third-order valence-electron chi connectivity index (χ3n) is 3.02. The molecule has 0 saturated carbocycles. The monoisotopic (exact) mass is 257 g/mol. The molecule has 18 heavy (non-hydrogen) atoms. The topological polar surface area (TPSA) is 56.8 Å². The molecule has 1 aliphatic rings. The fourth-order valence-corrected chi connectivity index (χ4v) is 2.01. The number of nitrogens with one attached hydrogen (secondary N) is 1. The number of hydrogen-bond donors (Lipinski definition) is 1. The highest BCUT2D eigenvalue weighted by Gasteiger charge is 2.28. The Balaban J connectivity index is 2.22. The molecule has 2 atom stereocenters. The van der Waals surface area contributed by atoms with Crippen molar-refractivity contribution in [3.8, 4) is 0 Å². The van der Waals surface area contributed by atoms with E-state index in [-0.39, 0.29) is 17.9 Å². The SMILES string of the molecule is COCCOCCN[C@@H]1CC=CC[C@@H]1C(=O)OC. The van der Waals surface area contributed by atoms with Crippen LogP contribution < -0.4 is 5.32 Å². The molecule has 1 aliphatic carbocycles. The fraction of sp³-hybridized carbons (Fsp3) is 0.769. The molecule has 0 aliphatic heterocycles. The number of carbonyl (C=O) groups is 1. The molecule has 0 heterocycles. The maximum absolute atomic E-state index is 11.6. The van der Waals surface area contributed by atoms with Gasteiger partial charge in [0.05, 0.1) is 32.8 Å². The van der Waals surface area contributed by atoms with E-state index in [2.05, 4.69) is 11.4 Å². The smallest absolute Gasteiger partial charge is 0.310 e. The summed E-state index contributed by atoms with van der Waals surface area (Å²) in [5.74, 6) is -0.226. The lowest BCUT2D eigenvalue weighted by molar-refractivity contribution is -0.146. The van der Waals surface area contributed by atoms with E-state index in [4.69, 9.17) is 14.2 Å². The van der Waals surface area contributed by atoms with Crippen LogP contribution in [0.3, 0.4) is 0 Å². The third-order valence-corrected chi connectivity index (χ3v) is 3.02. The van der Waals surface area contributed by atoms with Gasteiger partial charge in [-0.05, 0) is 12.8 Å². The summed E-state index contributed by atoms with van der Waals surface area (Å²) in [6.07, 6.45) is 5.74. The fourth-order valence-electron chi connectivity index (χ4n) is 2.01. The predicted octanol–water partition coefficient (Wildman–Crippen LogP) is 0.747. The zero-order valence-corrected chi connectivity index (χ0v) is 11.2. The van der Waals surface area contributed by atoms with Gasteiger partial charge < -0.3 is 19.5 Å². The van der Waals surface area contributed by atoms with Crippen molar-refractivity contribution in [3.63, 3.8) is 0 Å². The summed E-state index contributed by atoms with van der Waals surface area (Å²) in [4.78, 5) is 11.6. The minimum Gasteiger partial charge on any atom is -0.469 e. The van der Waals surface area contributed by atoms with Crippen LogP contribution in [-0.2, 0) is 19.0 Å². The molecule has 0 saturated heterocycles. The molecule has 0 unspecified atom stereocenters. The van der Waals surface area contributed by atoms with E-state index in [0.717, 1.165) is 19.4 Å². The van der Waals surface area contributed by atoms with Gasteiger partial charge in [0, 0.05) is 19.7 Å². The van der Waals surface area contributed by atoms with E-state index in [1.807, 2.05) is 6.08 Å². The summed E-state index contributed by atoms with van der Waals surface area (Å²) in [5, 5.41) is 3.35. The minimum absolute atomic E-state index is 0.0843. The number of allylic oxidation sites excluding steroid dienone is 1. The Hall–Kier alpha value is -0.910. The number of rotatable bonds is 8. The first-order valence-corrected chi connectivity index (χ1v) is 6.32. The molecule has 104 valence electrons. The average molecular weight is 257 g/mol. The molecule has 5 heteroatoms. The predicted molar refractivity (Wildman–Crippen MR) is 68.4 cm³/mol. The molecule has 1 N–H and O–H groups in total. The second-order valence-corrected chi connectivity index (χ2v) is 4.24. The first-order chi connectivity index (χ1) is 8.79. The highest BCUT2D eigenvalue weighted by molar-refractivity contribution is 5.73. The Morgan fingerprint density at radius 1 is 1.22 bits per heavy atom. The lowest BCUT2D eigenvalue weighted by Gasteiger charge is -2.27. The highest BCUT2D eigenvalue weighted by atomic mass is 16.5. The molecular formula is C13H23NO4. The minimum atomic E-state index is -0.142. The van der Waals surface area contributed by atoms with Crippen molar-refractivity contribution in [2.75, 3.05) is 40.6 Å². The normalized spacial score (nSPS) is 23.0. The van der Waals surface area contributed by atoms with E-state index < -0.39 is 0 Å². The van der Waals surface area contributed by atoms with Crippen LogP contribution >= 0.6 is 0 Å². The lowest BCUT2D eigenvalue weighted by atomic mass is 9.89. The summed E-state index contributed by atoms with van der Waals surface area (Å²) >= 11 is 0. The van der Waals surface area contributed by atoms with Crippen molar-refractivity contribution in [2.45, 2.75) is 18.9 Å². The first kappa shape index (κ1) is 15.1. The summed E-state index contributed by atoms with van der Waals surface area (Å²) in [6.45, 7) is 2.56. The van der Waals surface area contributed by atoms with Gasteiger partial charge in [-0.1, -0.05) is 12.2 Å². The quantitative estimate of drug-likeness (QED) is 0.395. The number of methoxy groups -OCH3 is 2. The Morgan fingerprint density at radius 3 is 2.72 bits per heavy atom. The van der Waals surface area contributed by atoms with Crippen LogP contribution in [0.5, 0.6) is 0 Å². The molecule has 0 aromatic heterocycles. The van der Waals surface area contributed by atoms with Gasteiger partial charge >= 0.3 is 5.97 Å². The second-order valence-electron chi connectivity index (χ2n) is 4.24. The van der Waals surface area contributed by atoms with E-state index >= 15 is 0 Å².